The fraction of sp³-hybridized carbons (Fsp3) is 0.286. The van der Waals surface area contributed by atoms with Crippen LogP contribution in [0.4, 0.5) is 0 Å². The van der Waals surface area contributed by atoms with Crippen LogP contribution in [0.5, 0.6) is 0 Å². The molecule has 0 heterocycles. The molecule has 0 spiro atoms. The van der Waals surface area contributed by atoms with E-state index in [4.69, 9.17) is 23.2 Å². The third kappa shape index (κ3) is 2.30. The number of hydrogen-bond acceptors (Lipinski definition) is 4. The monoisotopic (exact) mass is 314 g/mol. The first-order chi connectivity index (χ1) is 9.41. The van der Waals surface area contributed by atoms with Gasteiger partial charge in [-0.05, 0) is 12.0 Å². The molecule has 2 atom stereocenters. The van der Waals surface area contributed by atoms with Gasteiger partial charge in [0.05, 0.1) is 12.1 Å². The van der Waals surface area contributed by atoms with E-state index in [1.807, 2.05) is 6.07 Å². The van der Waals surface area contributed by atoms with Crippen molar-refractivity contribution in [2.45, 2.75) is 17.2 Å². The lowest BCUT2D eigenvalue weighted by Crippen LogP contribution is -2.47. The lowest BCUT2D eigenvalue weighted by molar-refractivity contribution is -0.148. The Bertz CT molecular complexity index is 582. The number of ketones is 1. The maximum atomic E-state index is 12.0. The Morgan fingerprint density at radius 2 is 2.00 bits per heavy atom. The Balaban J connectivity index is 2.51. The van der Waals surface area contributed by atoms with Crippen molar-refractivity contribution >= 4 is 35.0 Å². The first kappa shape index (κ1) is 14.9. The normalized spacial score (nSPS) is 26.6. The number of hydrogen-bond donors (Lipinski definition) is 1. The van der Waals surface area contributed by atoms with E-state index in [-0.39, 0.29) is 11.5 Å². The molecule has 0 fully saturated rings. The number of Topliss-reactive ketones (excluding diaryl/α,β-unsaturated/α-hetero) is 1. The van der Waals surface area contributed by atoms with E-state index in [0.29, 0.717) is 0 Å². The topological polar surface area (TPSA) is 63.6 Å². The third-order valence-corrected chi connectivity index (χ3v) is 4.23. The van der Waals surface area contributed by atoms with E-state index in [1.165, 1.54) is 0 Å². The number of esters is 1. The van der Waals surface area contributed by atoms with Crippen LogP contribution in [0.3, 0.4) is 0 Å². The molecule has 1 aliphatic carbocycles. The molecule has 106 valence electrons. The van der Waals surface area contributed by atoms with Gasteiger partial charge in [0, 0.05) is 5.92 Å². The van der Waals surface area contributed by atoms with Gasteiger partial charge in [0.1, 0.15) is 0 Å². The zero-order chi connectivity index (χ0) is 14.9. The van der Waals surface area contributed by atoms with E-state index in [2.05, 4.69) is 4.74 Å². The maximum absolute atomic E-state index is 12.0. The van der Waals surface area contributed by atoms with Crippen LogP contribution in [0, 0.1) is 0 Å². The van der Waals surface area contributed by atoms with E-state index in [1.54, 1.807) is 24.3 Å². The van der Waals surface area contributed by atoms with Crippen molar-refractivity contribution in [1.29, 1.82) is 0 Å². The van der Waals surface area contributed by atoms with Crippen molar-refractivity contribution < 1.29 is 19.4 Å². The highest BCUT2D eigenvalue weighted by atomic mass is 35.5. The predicted octanol–water partition coefficient (Wildman–Crippen LogP) is 2.90. The highest BCUT2D eigenvalue weighted by Crippen LogP contribution is 2.45. The summed E-state index contributed by atoms with van der Waals surface area (Å²) in [4.78, 5) is 21.8. The molecule has 1 aromatic rings. The molecule has 1 aliphatic rings. The summed E-state index contributed by atoms with van der Waals surface area (Å²) in [6.07, 6.45) is -0.0625. The Labute approximate surface area is 125 Å². The summed E-state index contributed by atoms with van der Waals surface area (Å²) in [6, 6.07) is 8.97. The average molecular weight is 315 g/mol. The average Bonchev–Trinajstić information content (AvgIpc) is 2.49. The molecule has 0 aromatic heterocycles. The second kappa shape index (κ2) is 5.46. The minimum Gasteiger partial charge on any atom is -0.503 e. The number of aliphatic hydroxyl groups is 1. The van der Waals surface area contributed by atoms with Crippen molar-refractivity contribution in [3.8, 4) is 0 Å². The third-order valence-electron chi connectivity index (χ3n) is 3.30. The van der Waals surface area contributed by atoms with E-state index >= 15 is 0 Å². The molecule has 1 aromatic carbocycles. The van der Waals surface area contributed by atoms with Gasteiger partial charge in [0.2, 0.25) is 10.7 Å². The van der Waals surface area contributed by atoms with Crippen LogP contribution in [0.25, 0.3) is 0 Å². The van der Waals surface area contributed by atoms with Crippen LogP contribution in [0.1, 0.15) is 17.9 Å². The summed E-state index contributed by atoms with van der Waals surface area (Å²) in [7, 11) is 1.13. The summed E-state index contributed by atoms with van der Waals surface area (Å²) in [5.74, 6) is -3.05. The number of benzene rings is 1. The number of rotatable bonds is 2. The maximum Gasteiger partial charge on any atom is 0.335 e. The number of alkyl halides is 1. The Kier molecular flexibility index (Phi) is 4.06. The zero-order valence-corrected chi connectivity index (χ0v) is 12.1. The van der Waals surface area contributed by atoms with Crippen LogP contribution >= 0.6 is 23.2 Å². The van der Waals surface area contributed by atoms with Gasteiger partial charge in [-0.15, -0.1) is 0 Å². The van der Waals surface area contributed by atoms with Crippen molar-refractivity contribution in [1.82, 2.24) is 0 Å². The standard InChI is InChI=1S/C14H12Cl2O4/c1-20-13(19)14(16)7-9(8-5-3-2-4-6-8)10(15)11(17)12(14)18/h2-6,9,17H,7H2,1H3/t9-,14-/m1/s1. The number of halogens is 2. The van der Waals surface area contributed by atoms with Crippen molar-refractivity contribution in [3.05, 3.63) is 46.7 Å². The van der Waals surface area contributed by atoms with Crippen LogP contribution in [0.15, 0.2) is 41.1 Å². The molecule has 4 nitrogen and oxygen atoms in total. The SMILES string of the molecule is COC(=O)[C@@]1(Cl)C[C@H](c2ccccc2)C(Cl)=C(O)C1=O. The van der Waals surface area contributed by atoms with Crippen LogP contribution < -0.4 is 0 Å². The molecular weight excluding hydrogens is 303 g/mol. The van der Waals surface area contributed by atoms with E-state index in [0.717, 1.165) is 12.7 Å². The van der Waals surface area contributed by atoms with Crippen molar-refractivity contribution in [3.63, 3.8) is 0 Å². The van der Waals surface area contributed by atoms with Gasteiger partial charge < -0.3 is 9.84 Å². The van der Waals surface area contributed by atoms with Gasteiger partial charge >= 0.3 is 5.97 Å². The Hall–Kier alpha value is -1.52. The van der Waals surface area contributed by atoms with Gasteiger partial charge in [-0.3, -0.25) is 4.79 Å². The molecule has 20 heavy (non-hydrogen) atoms. The molecule has 0 unspecified atom stereocenters. The molecule has 0 aliphatic heterocycles. The number of carbonyl (C=O) groups is 2. The van der Waals surface area contributed by atoms with Crippen LogP contribution in [0.2, 0.25) is 0 Å². The highest BCUT2D eigenvalue weighted by molar-refractivity contribution is 6.49. The van der Waals surface area contributed by atoms with Crippen LogP contribution in [-0.2, 0) is 14.3 Å². The minimum atomic E-state index is -1.95. The molecule has 0 saturated heterocycles. The smallest absolute Gasteiger partial charge is 0.335 e. The Morgan fingerprint density at radius 3 is 2.55 bits per heavy atom. The number of methoxy groups -OCH3 is 1. The van der Waals surface area contributed by atoms with Gasteiger partial charge in [-0.25, -0.2) is 4.79 Å². The molecule has 0 saturated carbocycles. The molecule has 0 bridgehead atoms. The minimum absolute atomic E-state index is 0.0126. The summed E-state index contributed by atoms with van der Waals surface area (Å²) in [5, 5.41) is 9.85. The lowest BCUT2D eigenvalue weighted by Gasteiger charge is -2.32. The van der Waals surface area contributed by atoms with Gasteiger partial charge in [0.15, 0.2) is 5.76 Å². The molecule has 0 radical (unpaired) electrons. The van der Waals surface area contributed by atoms with Gasteiger partial charge in [0.25, 0.3) is 0 Å². The Morgan fingerprint density at radius 1 is 1.40 bits per heavy atom. The second-order valence-corrected chi connectivity index (χ2v) is 5.54. The lowest BCUT2D eigenvalue weighted by atomic mass is 9.80. The van der Waals surface area contributed by atoms with Crippen molar-refractivity contribution in [2.75, 3.05) is 7.11 Å². The molecular formula is C14H12Cl2O4. The quantitative estimate of drug-likeness (QED) is 0.518. The van der Waals surface area contributed by atoms with Gasteiger partial charge in [-0.2, -0.15) is 0 Å². The molecule has 2 rings (SSSR count). The number of carbonyl (C=O) groups excluding carboxylic acids is 2. The first-order valence-electron chi connectivity index (χ1n) is 5.87. The predicted molar refractivity (Wildman–Crippen MR) is 74.9 cm³/mol. The summed E-state index contributed by atoms with van der Waals surface area (Å²) in [5.41, 5.74) is 0.755. The van der Waals surface area contributed by atoms with E-state index < -0.39 is 28.3 Å². The number of aliphatic hydroxyl groups excluding tert-OH is 1. The van der Waals surface area contributed by atoms with Crippen LogP contribution in [-0.4, -0.2) is 28.8 Å². The number of ether oxygens (including phenoxy) is 1. The summed E-state index contributed by atoms with van der Waals surface area (Å²) < 4.78 is 4.56. The fourth-order valence-corrected chi connectivity index (χ4v) is 2.82. The van der Waals surface area contributed by atoms with Crippen molar-refractivity contribution in [2.24, 2.45) is 0 Å². The summed E-state index contributed by atoms with van der Waals surface area (Å²) in [6.45, 7) is 0. The second-order valence-electron chi connectivity index (χ2n) is 4.49. The van der Waals surface area contributed by atoms with E-state index in [9.17, 15) is 14.7 Å². The highest BCUT2D eigenvalue weighted by Gasteiger charge is 2.53. The van der Waals surface area contributed by atoms with Gasteiger partial charge in [-0.1, -0.05) is 53.5 Å². The summed E-state index contributed by atoms with van der Waals surface area (Å²) >= 11 is 12.1. The largest absolute Gasteiger partial charge is 0.503 e. The molecule has 1 N–H and O–H groups in total. The first-order valence-corrected chi connectivity index (χ1v) is 6.63. The zero-order valence-electron chi connectivity index (χ0n) is 10.6. The fourth-order valence-electron chi connectivity index (χ4n) is 2.21. The molecule has 0 amide bonds. The number of allylic oxidation sites excluding steroid dienone is 2. The molecule has 6 heteroatoms.